The zero-order valence-corrected chi connectivity index (χ0v) is 17.0. The number of nitrogens with zero attached hydrogens (tertiary/aromatic N) is 1. The fraction of sp³-hybridized carbons (Fsp3) is 0.120. The smallest absolute Gasteiger partial charge is 0.311 e. The molecule has 0 saturated carbocycles. The van der Waals surface area contributed by atoms with E-state index in [0.29, 0.717) is 29.4 Å². The van der Waals surface area contributed by atoms with Crippen LogP contribution in [0.2, 0.25) is 5.02 Å². The van der Waals surface area contributed by atoms with E-state index < -0.39 is 0 Å². The maximum Gasteiger partial charge on any atom is 0.311 e. The summed E-state index contributed by atoms with van der Waals surface area (Å²) in [4.78, 5) is 12.1. The molecule has 4 nitrogen and oxygen atoms in total. The summed E-state index contributed by atoms with van der Waals surface area (Å²) in [7, 11) is 0. The number of ether oxygens (including phenoxy) is 2. The third kappa shape index (κ3) is 6.51. The van der Waals surface area contributed by atoms with Crippen LogP contribution in [0.25, 0.3) is 11.6 Å². The molecule has 0 saturated heterocycles. The van der Waals surface area contributed by atoms with Crippen LogP contribution in [0.15, 0.2) is 78.9 Å². The van der Waals surface area contributed by atoms with Crippen molar-refractivity contribution in [3.05, 3.63) is 95.0 Å². The highest BCUT2D eigenvalue weighted by Gasteiger charge is 2.07. The van der Waals surface area contributed by atoms with Gasteiger partial charge in [-0.1, -0.05) is 54.1 Å². The summed E-state index contributed by atoms with van der Waals surface area (Å²) in [6, 6.07) is 25.8. The number of carbonyl (C=O) groups is 1. The Balaban J connectivity index is 1.57. The van der Waals surface area contributed by atoms with Crippen LogP contribution >= 0.6 is 11.6 Å². The highest BCUT2D eigenvalue weighted by atomic mass is 35.5. The number of allylic oxidation sites excluding steroid dienone is 1. The molecule has 0 N–H and O–H groups in total. The topological polar surface area (TPSA) is 59.3 Å². The minimum atomic E-state index is -0.330. The van der Waals surface area contributed by atoms with Crippen LogP contribution in [-0.2, 0) is 4.79 Å². The van der Waals surface area contributed by atoms with Gasteiger partial charge >= 0.3 is 5.97 Å². The minimum Gasteiger partial charge on any atom is -0.494 e. The van der Waals surface area contributed by atoms with E-state index >= 15 is 0 Å². The molecule has 0 spiro atoms. The van der Waals surface area contributed by atoms with Gasteiger partial charge in [0.2, 0.25) is 0 Å². The van der Waals surface area contributed by atoms with E-state index in [-0.39, 0.29) is 12.4 Å². The van der Waals surface area contributed by atoms with Crippen molar-refractivity contribution in [2.45, 2.75) is 12.8 Å². The maximum atomic E-state index is 12.1. The van der Waals surface area contributed by atoms with E-state index in [0.717, 1.165) is 16.9 Å². The molecule has 3 aromatic carbocycles. The van der Waals surface area contributed by atoms with E-state index in [1.54, 1.807) is 42.5 Å². The van der Waals surface area contributed by atoms with Crippen molar-refractivity contribution in [2.75, 3.05) is 6.61 Å². The Hall–Kier alpha value is -3.55. The number of esters is 1. The van der Waals surface area contributed by atoms with Gasteiger partial charge in [-0.2, -0.15) is 5.26 Å². The number of hydrogen-bond donors (Lipinski definition) is 0. The average Bonchev–Trinajstić information content (AvgIpc) is 2.76. The van der Waals surface area contributed by atoms with Crippen LogP contribution in [0.3, 0.4) is 0 Å². The lowest BCUT2D eigenvalue weighted by Crippen LogP contribution is -2.10. The molecule has 0 fully saturated rings. The number of nitriles is 1. The lowest BCUT2D eigenvalue weighted by molar-refractivity contribution is -0.134. The van der Waals surface area contributed by atoms with Gasteiger partial charge in [-0.15, -0.1) is 0 Å². The molecule has 0 bridgehead atoms. The first-order valence-corrected chi connectivity index (χ1v) is 9.88. The van der Waals surface area contributed by atoms with Gasteiger partial charge in [0, 0.05) is 11.4 Å². The number of benzene rings is 3. The molecule has 0 aromatic heterocycles. The van der Waals surface area contributed by atoms with Crippen molar-refractivity contribution in [1.82, 2.24) is 0 Å². The van der Waals surface area contributed by atoms with Crippen molar-refractivity contribution in [2.24, 2.45) is 0 Å². The standard InChI is InChI=1S/C25H20ClNO3/c26-22-9-5-8-20(17-22)21(18-27)15-19-7-4-12-24(16-19)30-25(28)13-6-14-29-23-10-2-1-3-11-23/h1-5,7-12,15-17H,6,13-14H2/b21-15-. The number of rotatable bonds is 8. The van der Waals surface area contributed by atoms with Gasteiger partial charge in [0.1, 0.15) is 11.5 Å². The first kappa shape index (κ1) is 21.2. The Kier molecular flexibility index (Phi) is 7.65. The molecule has 0 aliphatic carbocycles. The molecule has 150 valence electrons. The molecule has 3 aromatic rings. The first-order chi connectivity index (χ1) is 14.6. The van der Waals surface area contributed by atoms with Crippen LogP contribution in [0, 0.1) is 11.3 Å². The molecule has 0 aliphatic heterocycles. The highest BCUT2D eigenvalue weighted by Crippen LogP contribution is 2.23. The second-order valence-corrected chi connectivity index (χ2v) is 6.93. The first-order valence-electron chi connectivity index (χ1n) is 9.50. The van der Waals surface area contributed by atoms with Crippen LogP contribution in [0.4, 0.5) is 0 Å². The van der Waals surface area contributed by atoms with E-state index in [9.17, 15) is 10.1 Å². The molecule has 5 heteroatoms. The summed E-state index contributed by atoms with van der Waals surface area (Å²) < 4.78 is 11.0. The van der Waals surface area contributed by atoms with Crippen molar-refractivity contribution < 1.29 is 14.3 Å². The van der Waals surface area contributed by atoms with E-state index in [1.807, 2.05) is 42.5 Å². The lowest BCUT2D eigenvalue weighted by atomic mass is 10.0. The van der Waals surface area contributed by atoms with Crippen LogP contribution < -0.4 is 9.47 Å². The van der Waals surface area contributed by atoms with Gasteiger partial charge < -0.3 is 9.47 Å². The maximum absolute atomic E-state index is 12.1. The van der Waals surface area contributed by atoms with Crippen LogP contribution in [-0.4, -0.2) is 12.6 Å². The molecule has 0 radical (unpaired) electrons. The Morgan fingerprint density at radius 3 is 2.50 bits per heavy atom. The van der Waals surface area contributed by atoms with Gasteiger partial charge in [-0.25, -0.2) is 0 Å². The highest BCUT2D eigenvalue weighted by molar-refractivity contribution is 6.30. The quantitative estimate of drug-likeness (QED) is 0.144. The zero-order valence-electron chi connectivity index (χ0n) is 16.3. The number of hydrogen-bond acceptors (Lipinski definition) is 4. The fourth-order valence-electron chi connectivity index (χ4n) is 2.78. The zero-order chi connectivity index (χ0) is 21.2. The molecule has 0 unspecified atom stereocenters. The van der Waals surface area contributed by atoms with E-state index in [4.69, 9.17) is 21.1 Å². The van der Waals surface area contributed by atoms with Crippen LogP contribution in [0.5, 0.6) is 11.5 Å². The van der Waals surface area contributed by atoms with Gasteiger partial charge in [0.15, 0.2) is 0 Å². The van der Waals surface area contributed by atoms with Gasteiger partial charge in [-0.3, -0.25) is 4.79 Å². The molecule has 0 heterocycles. The van der Waals surface area contributed by atoms with Crippen LogP contribution in [0.1, 0.15) is 24.0 Å². The monoisotopic (exact) mass is 417 g/mol. The number of carbonyl (C=O) groups excluding carboxylic acids is 1. The molecule has 30 heavy (non-hydrogen) atoms. The fourth-order valence-corrected chi connectivity index (χ4v) is 2.97. The third-order valence-corrected chi connectivity index (χ3v) is 4.43. The number of halogens is 1. The minimum absolute atomic E-state index is 0.249. The van der Waals surface area contributed by atoms with Gasteiger partial charge in [0.25, 0.3) is 0 Å². The third-order valence-electron chi connectivity index (χ3n) is 4.19. The lowest BCUT2D eigenvalue weighted by Gasteiger charge is -2.07. The molecular formula is C25H20ClNO3. The molecular weight excluding hydrogens is 398 g/mol. The van der Waals surface area contributed by atoms with E-state index in [1.165, 1.54) is 0 Å². The second-order valence-electron chi connectivity index (χ2n) is 6.49. The molecule has 0 atom stereocenters. The summed E-state index contributed by atoms with van der Waals surface area (Å²) in [5.41, 5.74) is 1.95. The van der Waals surface area contributed by atoms with Crippen molar-refractivity contribution in [1.29, 1.82) is 5.26 Å². The summed E-state index contributed by atoms with van der Waals surface area (Å²) in [5.74, 6) is 0.877. The Morgan fingerprint density at radius 1 is 0.967 bits per heavy atom. The summed E-state index contributed by atoms with van der Waals surface area (Å²) in [6.07, 6.45) is 2.54. The van der Waals surface area contributed by atoms with Crippen molar-refractivity contribution in [3.63, 3.8) is 0 Å². The average molecular weight is 418 g/mol. The molecule has 0 amide bonds. The van der Waals surface area contributed by atoms with Gasteiger partial charge in [-0.05, 0) is 60.0 Å². The number of para-hydroxylation sites is 1. The summed E-state index contributed by atoms with van der Waals surface area (Å²) in [5, 5.41) is 10.1. The van der Waals surface area contributed by atoms with E-state index in [2.05, 4.69) is 6.07 Å². The molecule has 3 rings (SSSR count). The Bertz CT molecular complexity index is 1070. The predicted octanol–water partition coefficient (Wildman–Crippen LogP) is 6.17. The van der Waals surface area contributed by atoms with Crippen molar-refractivity contribution >= 4 is 29.2 Å². The van der Waals surface area contributed by atoms with Crippen molar-refractivity contribution in [3.8, 4) is 17.6 Å². The summed E-state index contributed by atoms with van der Waals surface area (Å²) >= 11 is 6.02. The summed E-state index contributed by atoms with van der Waals surface area (Å²) in [6.45, 7) is 0.438. The molecule has 0 aliphatic rings. The SMILES string of the molecule is N#C/C(=C/c1cccc(OC(=O)CCCOc2ccccc2)c1)c1cccc(Cl)c1. The predicted molar refractivity (Wildman–Crippen MR) is 118 cm³/mol. The Morgan fingerprint density at radius 2 is 1.73 bits per heavy atom. The second kappa shape index (κ2) is 10.8. The Labute approximate surface area is 180 Å². The van der Waals surface area contributed by atoms with Gasteiger partial charge in [0.05, 0.1) is 18.2 Å². The largest absolute Gasteiger partial charge is 0.494 e. The normalized spacial score (nSPS) is 10.9.